The lowest BCUT2D eigenvalue weighted by atomic mass is 10.2. The second kappa shape index (κ2) is 8.87. The van der Waals surface area contributed by atoms with Crippen molar-refractivity contribution in [1.29, 1.82) is 0 Å². The molecular formula is C25H22N6O2S. The number of nitrogen functional groups attached to an aromatic ring is 1. The minimum atomic E-state index is -0.223. The number of rotatable bonds is 6. The second-order valence-corrected chi connectivity index (χ2v) is 8.65. The van der Waals surface area contributed by atoms with Gasteiger partial charge in [-0.15, -0.1) is 0 Å². The van der Waals surface area contributed by atoms with Crippen LogP contribution in [-0.4, -0.2) is 27.4 Å². The number of nitrogens with zero attached hydrogens (tertiary/aromatic N) is 3. The molecule has 5 aromatic rings. The Balaban J connectivity index is 1.33. The number of methoxy groups -OCH3 is 1. The number of carbonyl (C=O) groups excluding carboxylic acids is 1. The summed E-state index contributed by atoms with van der Waals surface area (Å²) in [6.45, 7) is 1.98. The minimum absolute atomic E-state index is 0.223. The summed E-state index contributed by atoms with van der Waals surface area (Å²) in [4.78, 5) is 22.7. The van der Waals surface area contributed by atoms with Crippen molar-refractivity contribution in [2.75, 3.05) is 23.5 Å². The summed E-state index contributed by atoms with van der Waals surface area (Å²) in [6.07, 6.45) is 3.75. The molecule has 0 spiro atoms. The quantitative estimate of drug-likeness (QED) is 0.289. The molecule has 0 aliphatic carbocycles. The molecule has 34 heavy (non-hydrogen) atoms. The zero-order valence-corrected chi connectivity index (χ0v) is 19.4. The molecule has 0 fully saturated rings. The van der Waals surface area contributed by atoms with Crippen molar-refractivity contribution in [3.63, 3.8) is 0 Å². The molecule has 0 aliphatic heterocycles. The number of benzene rings is 2. The number of aryl methyl sites for hydroxylation is 1. The number of nitrogens with one attached hydrogen (secondary N) is 2. The molecule has 4 N–H and O–H groups in total. The predicted molar refractivity (Wildman–Crippen MR) is 136 cm³/mol. The Morgan fingerprint density at radius 2 is 1.88 bits per heavy atom. The van der Waals surface area contributed by atoms with Crippen molar-refractivity contribution in [1.82, 2.24) is 14.4 Å². The fraction of sp³-hybridized carbons (Fsp3) is 0.0800. The van der Waals surface area contributed by atoms with Crippen LogP contribution in [0.3, 0.4) is 0 Å². The summed E-state index contributed by atoms with van der Waals surface area (Å²) >= 11 is 1.52. The third-order valence-corrected chi connectivity index (χ3v) is 6.27. The van der Waals surface area contributed by atoms with Crippen molar-refractivity contribution < 1.29 is 9.53 Å². The molecule has 0 aliphatic rings. The Labute approximate surface area is 200 Å². The molecular weight excluding hydrogens is 448 g/mol. The van der Waals surface area contributed by atoms with E-state index >= 15 is 0 Å². The van der Waals surface area contributed by atoms with Gasteiger partial charge in [-0.2, -0.15) is 0 Å². The van der Waals surface area contributed by atoms with Crippen molar-refractivity contribution in [2.24, 2.45) is 0 Å². The number of amides is 1. The molecule has 0 bridgehead atoms. The molecule has 3 heterocycles. The number of thiazole rings is 1. The number of pyridine rings is 1. The average molecular weight is 471 g/mol. The van der Waals surface area contributed by atoms with Crippen LogP contribution in [0, 0.1) is 6.92 Å². The van der Waals surface area contributed by atoms with Gasteiger partial charge in [0.15, 0.2) is 5.13 Å². The third kappa shape index (κ3) is 4.16. The van der Waals surface area contributed by atoms with Crippen LogP contribution in [0.25, 0.3) is 16.2 Å². The number of carbonyl (C=O) groups is 1. The first-order valence-corrected chi connectivity index (χ1v) is 11.4. The highest BCUT2D eigenvalue weighted by Gasteiger charge is 2.15. The lowest BCUT2D eigenvalue weighted by Crippen LogP contribution is -2.13. The van der Waals surface area contributed by atoms with E-state index in [1.165, 1.54) is 11.3 Å². The van der Waals surface area contributed by atoms with E-state index in [1.54, 1.807) is 31.4 Å². The molecule has 0 radical (unpaired) electrons. The van der Waals surface area contributed by atoms with Crippen molar-refractivity contribution in [2.45, 2.75) is 6.92 Å². The monoisotopic (exact) mass is 470 g/mol. The van der Waals surface area contributed by atoms with Gasteiger partial charge in [0, 0.05) is 17.4 Å². The van der Waals surface area contributed by atoms with Gasteiger partial charge >= 0.3 is 0 Å². The van der Waals surface area contributed by atoms with Crippen molar-refractivity contribution in [3.8, 4) is 16.3 Å². The highest BCUT2D eigenvalue weighted by molar-refractivity contribution is 7.18. The maximum atomic E-state index is 12.5. The van der Waals surface area contributed by atoms with Crippen LogP contribution < -0.4 is 21.1 Å². The van der Waals surface area contributed by atoms with E-state index in [0.717, 1.165) is 38.5 Å². The van der Waals surface area contributed by atoms with Crippen LogP contribution >= 0.6 is 11.3 Å². The number of anilines is 4. The maximum absolute atomic E-state index is 12.5. The summed E-state index contributed by atoms with van der Waals surface area (Å²) in [5.74, 6) is 0.535. The van der Waals surface area contributed by atoms with Gasteiger partial charge in [0.25, 0.3) is 5.91 Å². The average Bonchev–Trinajstić information content (AvgIpc) is 3.43. The van der Waals surface area contributed by atoms with Crippen LogP contribution in [0.4, 0.5) is 22.2 Å². The topological polar surface area (TPSA) is 107 Å². The normalized spacial score (nSPS) is 10.9. The number of ether oxygens (including phenoxy) is 1. The van der Waals surface area contributed by atoms with E-state index in [2.05, 4.69) is 20.6 Å². The second-order valence-electron chi connectivity index (χ2n) is 7.62. The summed E-state index contributed by atoms with van der Waals surface area (Å²) < 4.78 is 7.38. The Morgan fingerprint density at radius 3 is 2.65 bits per heavy atom. The van der Waals surface area contributed by atoms with E-state index in [4.69, 9.17) is 10.5 Å². The van der Waals surface area contributed by atoms with Gasteiger partial charge in [-0.05, 0) is 55.5 Å². The summed E-state index contributed by atoms with van der Waals surface area (Å²) in [7, 11) is 1.64. The Kier molecular flexibility index (Phi) is 5.60. The van der Waals surface area contributed by atoms with Gasteiger partial charge in [0.05, 0.1) is 40.9 Å². The highest BCUT2D eigenvalue weighted by atomic mass is 32.1. The number of para-hydroxylation sites is 2. The first kappa shape index (κ1) is 21.5. The highest BCUT2D eigenvalue weighted by Crippen LogP contribution is 2.34. The maximum Gasteiger partial charge on any atom is 0.255 e. The van der Waals surface area contributed by atoms with Gasteiger partial charge in [-0.25, -0.2) is 9.97 Å². The molecule has 0 saturated heterocycles. The van der Waals surface area contributed by atoms with E-state index in [-0.39, 0.29) is 5.91 Å². The molecule has 0 unspecified atom stereocenters. The van der Waals surface area contributed by atoms with E-state index in [9.17, 15) is 4.79 Å². The number of nitrogens with two attached hydrogens (primary N) is 1. The molecule has 3 aromatic heterocycles. The van der Waals surface area contributed by atoms with Gasteiger partial charge in [-0.3, -0.25) is 9.20 Å². The van der Waals surface area contributed by atoms with Gasteiger partial charge in [0.1, 0.15) is 11.4 Å². The molecule has 1 amide bonds. The van der Waals surface area contributed by atoms with Crippen molar-refractivity contribution in [3.05, 3.63) is 84.3 Å². The van der Waals surface area contributed by atoms with Gasteiger partial charge < -0.3 is 21.1 Å². The summed E-state index contributed by atoms with van der Waals surface area (Å²) in [5.41, 5.74) is 11.1. The zero-order chi connectivity index (χ0) is 23.7. The molecule has 170 valence electrons. The van der Waals surface area contributed by atoms with Gasteiger partial charge in [-0.1, -0.05) is 23.5 Å². The molecule has 0 saturated carbocycles. The fourth-order valence-corrected chi connectivity index (χ4v) is 4.57. The van der Waals surface area contributed by atoms with Gasteiger partial charge in [0.2, 0.25) is 0 Å². The summed E-state index contributed by atoms with van der Waals surface area (Å²) in [6, 6.07) is 18.2. The van der Waals surface area contributed by atoms with Crippen LogP contribution in [0.5, 0.6) is 5.75 Å². The SMILES string of the molecule is COc1ccc2nc(C)c(-c3cnc(Nc4ccc(C(=O)Nc5ccccc5N)cc4)s3)n2c1. The van der Waals surface area contributed by atoms with E-state index < -0.39 is 0 Å². The van der Waals surface area contributed by atoms with Crippen LogP contribution in [0.15, 0.2) is 73.1 Å². The van der Waals surface area contributed by atoms with Crippen LogP contribution in [0.1, 0.15) is 16.1 Å². The van der Waals surface area contributed by atoms with Crippen LogP contribution in [0.2, 0.25) is 0 Å². The number of hydrogen-bond donors (Lipinski definition) is 3. The standard InChI is InChI=1S/C25H22N6O2S/c1-15-23(31-14-18(33-2)11-12-22(31)28-15)21-13-27-25(34-21)29-17-9-7-16(8-10-17)24(32)30-20-6-4-3-5-19(20)26/h3-14H,26H2,1-2H3,(H,27,29)(H,30,32). The fourth-order valence-electron chi connectivity index (χ4n) is 3.64. The van der Waals surface area contributed by atoms with E-state index in [0.29, 0.717) is 16.9 Å². The number of hydrogen-bond acceptors (Lipinski definition) is 7. The lowest BCUT2D eigenvalue weighted by molar-refractivity contribution is 0.102. The van der Waals surface area contributed by atoms with E-state index in [1.807, 2.05) is 60.1 Å². The third-order valence-electron chi connectivity index (χ3n) is 5.35. The Morgan fingerprint density at radius 1 is 1.09 bits per heavy atom. The first-order valence-electron chi connectivity index (χ1n) is 10.5. The van der Waals surface area contributed by atoms with Crippen molar-refractivity contribution >= 4 is 45.1 Å². The largest absolute Gasteiger partial charge is 0.495 e. The first-order chi connectivity index (χ1) is 16.5. The molecule has 9 heteroatoms. The number of aromatic nitrogens is 3. The number of imidazole rings is 1. The predicted octanol–water partition coefficient (Wildman–Crippen LogP) is 5.35. The molecule has 8 nitrogen and oxygen atoms in total. The van der Waals surface area contributed by atoms with Crippen LogP contribution in [-0.2, 0) is 0 Å². The Hall–Kier alpha value is -4.37. The lowest BCUT2D eigenvalue weighted by Gasteiger charge is -2.08. The molecule has 2 aromatic carbocycles. The molecule has 5 rings (SSSR count). The number of fused-ring (bicyclic) bond motifs is 1. The summed E-state index contributed by atoms with van der Waals surface area (Å²) in [5, 5.41) is 6.87. The molecule has 0 atom stereocenters. The minimum Gasteiger partial charge on any atom is -0.495 e. The Bertz CT molecular complexity index is 1490. The smallest absolute Gasteiger partial charge is 0.255 e. The zero-order valence-electron chi connectivity index (χ0n) is 18.6.